The van der Waals surface area contributed by atoms with Gasteiger partial charge in [0.2, 0.25) is 0 Å². The van der Waals surface area contributed by atoms with Crippen LogP contribution in [0.25, 0.3) is 5.57 Å². The molecule has 1 aliphatic rings. The third-order valence-electron chi connectivity index (χ3n) is 3.90. The molecule has 0 bridgehead atoms. The topological polar surface area (TPSA) is 0 Å². The monoisotopic (exact) mass is 244 g/mol. The number of allylic oxidation sites excluding steroid dienone is 1. The standard InChI is InChI=1S/C18H17B/c1-12-4-6-13(7-5-12)16-11-18(2,3)17-10-14(19)8-9-15(16)17/h4-11H,1-3H3. The maximum atomic E-state index is 5.93. The first kappa shape index (κ1) is 12.3. The van der Waals surface area contributed by atoms with Crippen molar-refractivity contribution in [3.63, 3.8) is 0 Å². The van der Waals surface area contributed by atoms with Crippen molar-refractivity contribution in [3.05, 3.63) is 70.8 Å². The minimum absolute atomic E-state index is 0.0466. The Kier molecular flexibility index (Phi) is 2.67. The van der Waals surface area contributed by atoms with E-state index in [1.807, 2.05) is 6.07 Å². The molecule has 0 aliphatic heterocycles. The molecule has 0 nitrogen and oxygen atoms in total. The van der Waals surface area contributed by atoms with Crippen molar-refractivity contribution in [1.29, 1.82) is 0 Å². The van der Waals surface area contributed by atoms with E-state index in [4.69, 9.17) is 7.85 Å². The van der Waals surface area contributed by atoms with Crippen molar-refractivity contribution in [2.24, 2.45) is 0 Å². The van der Waals surface area contributed by atoms with Gasteiger partial charge in [-0.25, -0.2) is 0 Å². The second kappa shape index (κ2) is 4.13. The summed E-state index contributed by atoms with van der Waals surface area (Å²) in [5.74, 6) is 0. The first-order chi connectivity index (χ1) is 8.97. The predicted molar refractivity (Wildman–Crippen MR) is 83.1 cm³/mol. The van der Waals surface area contributed by atoms with E-state index >= 15 is 0 Å². The van der Waals surface area contributed by atoms with Crippen molar-refractivity contribution >= 4 is 18.9 Å². The maximum Gasteiger partial charge on any atom is 0.113 e. The SMILES string of the molecule is [B]c1ccc2c(c1)C(C)(C)C=C2c1ccc(C)cc1. The zero-order valence-corrected chi connectivity index (χ0v) is 11.7. The Labute approximate surface area is 116 Å². The molecule has 1 aliphatic carbocycles. The molecule has 92 valence electrons. The molecule has 0 unspecified atom stereocenters. The van der Waals surface area contributed by atoms with Crippen LogP contribution in [0.15, 0.2) is 48.5 Å². The van der Waals surface area contributed by atoms with Gasteiger partial charge in [0.25, 0.3) is 0 Å². The summed E-state index contributed by atoms with van der Waals surface area (Å²) in [4.78, 5) is 0. The van der Waals surface area contributed by atoms with Crippen LogP contribution in [0.1, 0.15) is 36.1 Å². The third kappa shape index (κ3) is 2.04. The molecule has 2 radical (unpaired) electrons. The number of fused-ring (bicyclic) bond motifs is 1. The van der Waals surface area contributed by atoms with Crippen LogP contribution in [0.4, 0.5) is 0 Å². The second-order valence-electron chi connectivity index (χ2n) is 5.95. The van der Waals surface area contributed by atoms with E-state index in [9.17, 15) is 0 Å². The maximum absolute atomic E-state index is 5.93. The van der Waals surface area contributed by atoms with Gasteiger partial charge >= 0.3 is 0 Å². The summed E-state index contributed by atoms with van der Waals surface area (Å²) in [6, 6.07) is 15.0. The van der Waals surface area contributed by atoms with E-state index in [-0.39, 0.29) is 5.41 Å². The molecule has 3 rings (SSSR count). The summed E-state index contributed by atoms with van der Waals surface area (Å²) in [7, 11) is 5.93. The van der Waals surface area contributed by atoms with Gasteiger partial charge in [0.1, 0.15) is 7.85 Å². The summed E-state index contributed by atoms with van der Waals surface area (Å²) < 4.78 is 0. The minimum Gasteiger partial charge on any atom is -0.0963 e. The molecular formula is C18H17B. The molecule has 0 N–H and O–H groups in total. The smallest absolute Gasteiger partial charge is 0.0963 e. The molecule has 0 aromatic heterocycles. The van der Waals surface area contributed by atoms with Crippen molar-refractivity contribution in [1.82, 2.24) is 0 Å². The van der Waals surface area contributed by atoms with Crippen LogP contribution in [-0.2, 0) is 5.41 Å². The van der Waals surface area contributed by atoms with Gasteiger partial charge in [0, 0.05) is 5.41 Å². The van der Waals surface area contributed by atoms with Crippen LogP contribution in [0.3, 0.4) is 0 Å². The molecule has 1 heteroatoms. The number of aryl methyl sites for hydroxylation is 1. The van der Waals surface area contributed by atoms with Crippen molar-refractivity contribution < 1.29 is 0 Å². The van der Waals surface area contributed by atoms with E-state index in [1.165, 1.54) is 27.8 Å². The van der Waals surface area contributed by atoms with Gasteiger partial charge in [-0.3, -0.25) is 0 Å². The van der Waals surface area contributed by atoms with Crippen LogP contribution < -0.4 is 5.46 Å². The summed E-state index contributed by atoms with van der Waals surface area (Å²) in [5.41, 5.74) is 7.41. The fourth-order valence-electron chi connectivity index (χ4n) is 2.82. The van der Waals surface area contributed by atoms with Crippen LogP contribution >= 0.6 is 0 Å². The third-order valence-corrected chi connectivity index (χ3v) is 3.90. The van der Waals surface area contributed by atoms with Crippen molar-refractivity contribution in [3.8, 4) is 0 Å². The zero-order chi connectivity index (χ0) is 13.6. The highest BCUT2D eigenvalue weighted by Gasteiger charge is 2.30. The highest BCUT2D eigenvalue weighted by Crippen LogP contribution is 2.42. The lowest BCUT2D eigenvalue weighted by Gasteiger charge is -2.18. The van der Waals surface area contributed by atoms with Gasteiger partial charge in [-0.15, -0.1) is 0 Å². The van der Waals surface area contributed by atoms with Gasteiger partial charge in [-0.1, -0.05) is 73.4 Å². The van der Waals surface area contributed by atoms with Gasteiger partial charge in [0.05, 0.1) is 0 Å². The fourth-order valence-corrected chi connectivity index (χ4v) is 2.82. The average Bonchev–Trinajstić information content (AvgIpc) is 2.62. The highest BCUT2D eigenvalue weighted by molar-refractivity contribution is 6.32. The van der Waals surface area contributed by atoms with Gasteiger partial charge in [-0.2, -0.15) is 0 Å². The number of benzene rings is 2. The Bertz CT molecular complexity index is 661. The largest absolute Gasteiger partial charge is 0.113 e. The molecule has 0 heterocycles. The Morgan fingerprint density at radius 2 is 1.63 bits per heavy atom. The van der Waals surface area contributed by atoms with Crippen molar-refractivity contribution in [2.75, 3.05) is 0 Å². The summed E-state index contributed by atoms with van der Waals surface area (Å²) in [6.07, 6.45) is 2.35. The number of hydrogen-bond donors (Lipinski definition) is 0. The average molecular weight is 244 g/mol. The second-order valence-corrected chi connectivity index (χ2v) is 5.95. The quantitative estimate of drug-likeness (QED) is 0.673. The van der Waals surface area contributed by atoms with Crippen LogP contribution in [0.5, 0.6) is 0 Å². The summed E-state index contributed by atoms with van der Waals surface area (Å²) in [6.45, 7) is 6.60. The predicted octanol–water partition coefficient (Wildman–Crippen LogP) is 3.51. The Morgan fingerprint density at radius 1 is 0.947 bits per heavy atom. The molecular weight excluding hydrogens is 227 g/mol. The lowest BCUT2D eigenvalue weighted by Crippen LogP contribution is -2.14. The van der Waals surface area contributed by atoms with Gasteiger partial charge in [0.15, 0.2) is 0 Å². The Hall–Kier alpha value is -1.76. The molecule has 0 fully saturated rings. The summed E-state index contributed by atoms with van der Waals surface area (Å²) >= 11 is 0. The first-order valence-electron chi connectivity index (χ1n) is 6.68. The lowest BCUT2D eigenvalue weighted by atomic mass is 9.83. The van der Waals surface area contributed by atoms with E-state index < -0.39 is 0 Å². The van der Waals surface area contributed by atoms with E-state index in [0.29, 0.717) is 0 Å². The Balaban J connectivity index is 2.17. The van der Waals surface area contributed by atoms with E-state index in [1.54, 1.807) is 0 Å². The molecule has 0 spiro atoms. The minimum atomic E-state index is 0.0466. The molecule has 0 atom stereocenters. The molecule has 2 aromatic rings. The number of rotatable bonds is 1. The van der Waals surface area contributed by atoms with Crippen molar-refractivity contribution in [2.45, 2.75) is 26.2 Å². The van der Waals surface area contributed by atoms with Crippen LogP contribution in [0, 0.1) is 6.92 Å². The fraction of sp³-hybridized carbons (Fsp3) is 0.222. The van der Waals surface area contributed by atoms with Crippen LogP contribution in [0.2, 0.25) is 0 Å². The molecule has 19 heavy (non-hydrogen) atoms. The van der Waals surface area contributed by atoms with Crippen LogP contribution in [-0.4, -0.2) is 7.85 Å². The van der Waals surface area contributed by atoms with E-state index in [2.05, 4.69) is 63.2 Å². The summed E-state index contributed by atoms with van der Waals surface area (Å²) in [5, 5.41) is 0. The molecule has 0 saturated heterocycles. The molecule has 0 amide bonds. The molecule has 0 saturated carbocycles. The van der Waals surface area contributed by atoms with E-state index in [0.717, 1.165) is 5.46 Å². The highest BCUT2D eigenvalue weighted by atomic mass is 14.3. The normalized spacial score (nSPS) is 16.1. The first-order valence-corrected chi connectivity index (χ1v) is 6.68. The lowest BCUT2D eigenvalue weighted by molar-refractivity contribution is 0.684. The zero-order valence-electron chi connectivity index (χ0n) is 11.7. The Morgan fingerprint density at radius 3 is 2.32 bits per heavy atom. The van der Waals surface area contributed by atoms with Gasteiger partial charge < -0.3 is 0 Å². The van der Waals surface area contributed by atoms with Gasteiger partial charge in [-0.05, 0) is 29.2 Å². The number of hydrogen-bond acceptors (Lipinski definition) is 0. The molecule has 2 aromatic carbocycles.